The van der Waals surface area contributed by atoms with E-state index in [9.17, 15) is 14.9 Å². The number of rotatable bonds is 6. The molecule has 0 aliphatic heterocycles. The number of nitrogens with one attached hydrogen (secondary N) is 1. The summed E-state index contributed by atoms with van der Waals surface area (Å²) in [6, 6.07) is 6.29. The van der Waals surface area contributed by atoms with Crippen LogP contribution in [0.1, 0.15) is 24.2 Å². The number of benzene rings is 1. The van der Waals surface area contributed by atoms with Crippen LogP contribution < -0.4 is 5.32 Å². The van der Waals surface area contributed by atoms with Gasteiger partial charge in [0.25, 0.3) is 0 Å². The molecule has 0 bridgehead atoms. The fourth-order valence-corrected chi connectivity index (χ4v) is 1.96. The Kier molecular flexibility index (Phi) is 5.64. The van der Waals surface area contributed by atoms with Gasteiger partial charge in [-0.3, -0.25) is 10.1 Å². The Bertz CT molecular complexity index is 750. The molecule has 0 unspecified atom stereocenters. The number of esters is 1. The van der Waals surface area contributed by atoms with Gasteiger partial charge in [-0.15, -0.1) is 0 Å². The normalized spacial score (nSPS) is 10.5. The largest absolute Gasteiger partial charge is 0.462 e. The average Bonchev–Trinajstić information content (AvgIpc) is 2.53. The third kappa shape index (κ3) is 4.39. The first-order valence-corrected chi connectivity index (χ1v) is 7.45. The average molecular weight is 351 g/mol. The summed E-state index contributed by atoms with van der Waals surface area (Å²) in [7, 11) is 0. The number of nitrogens with zero attached hydrogens (tertiary/aromatic N) is 3. The Morgan fingerprint density at radius 1 is 1.33 bits per heavy atom. The van der Waals surface area contributed by atoms with E-state index in [2.05, 4.69) is 15.3 Å². The Morgan fingerprint density at radius 3 is 2.58 bits per heavy atom. The summed E-state index contributed by atoms with van der Waals surface area (Å²) in [5.41, 5.74) is 0.476. The molecule has 0 radical (unpaired) electrons. The Hall–Kier alpha value is -2.74. The molecular weight excluding hydrogens is 336 g/mol. The molecule has 2 aromatic rings. The minimum Gasteiger partial charge on any atom is -0.462 e. The van der Waals surface area contributed by atoms with Crippen molar-refractivity contribution in [1.29, 1.82) is 0 Å². The molecule has 9 heteroatoms. The lowest BCUT2D eigenvalue weighted by molar-refractivity contribution is -0.384. The minimum atomic E-state index is -0.664. The van der Waals surface area contributed by atoms with Crippen molar-refractivity contribution < 1.29 is 14.5 Å². The SMILES string of the molecule is CC(C)COC(=O)c1ccc(Nc2ncnc(Cl)c2[N+](=O)[O-])cc1. The topological polar surface area (TPSA) is 107 Å². The fourth-order valence-electron chi connectivity index (χ4n) is 1.76. The first kappa shape index (κ1) is 17.6. The number of hydrogen-bond donors (Lipinski definition) is 1. The van der Waals surface area contributed by atoms with Crippen LogP contribution in [0.3, 0.4) is 0 Å². The quantitative estimate of drug-likeness (QED) is 0.367. The van der Waals surface area contributed by atoms with E-state index in [1.807, 2.05) is 13.8 Å². The van der Waals surface area contributed by atoms with E-state index in [4.69, 9.17) is 16.3 Å². The highest BCUT2D eigenvalue weighted by atomic mass is 35.5. The van der Waals surface area contributed by atoms with E-state index in [1.165, 1.54) is 0 Å². The number of carbonyl (C=O) groups is 1. The highest BCUT2D eigenvalue weighted by Crippen LogP contribution is 2.30. The van der Waals surface area contributed by atoms with Crippen LogP contribution in [-0.4, -0.2) is 27.5 Å². The summed E-state index contributed by atoms with van der Waals surface area (Å²) in [6.45, 7) is 4.23. The second kappa shape index (κ2) is 7.69. The number of ether oxygens (including phenoxy) is 1. The molecule has 0 aliphatic carbocycles. The molecule has 126 valence electrons. The van der Waals surface area contributed by atoms with Crippen LogP contribution in [0, 0.1) is 16.0 Å². The number of nitro groups is 1. The zero-order valence-electron chi connectivity index (χ0n) is 13.0. The maximum absolute atomic E-state index is 11.8. The second-order valence-corrected chi connectivity index (χ2v) is 5.67. The Balaban J connectivity index is 2.14. The molecule has 0 aliphatic rings. The van der Waals surface area contributed by atoms with Crippen molar-refractivity contribution in [2.75, 3.05) is 11.9 Å². The molecule has 8 nitrogen and oxygen atoms in total. The summed E-state index contributed by atoms with van der Waals surface area (Å²) in [5, 5.41) is 13.6. The lowest BCUT2D eigenvalue weighted by atomic mass is 10.2. The number of halogens is 1. The molecule has 0 fully saturated rings. The summed E-state index contributed by atoms with van der Waals surface area (Å²) < 4.78 is 5.13. The van der Waals surface area contributed by atoms with Crippen LogP contribution in [-0.2, 0) is 4.74 Å². The van der Waals surface area contributed by atoms with Gasteiger partial charge in [-0.1, -0.05) is 25.4 Å². The van der Waals surface area contributed by atoms with Crippen LogP contribution in [0.4, 0.5) is 17.2 Å². The fraction of sp³-hybridized carbons (Fsp3) is 0.267. The lowest BCUT2D eigenvalue weighted by Crippen LogP contribution is -2.10. The zero-order valence-corrected chi connectivity index (χ0v) is 13.8. The van der Waals surface area contributed by atoms with Crippen LogP contribution in [0.2, 0.25) is 5.15 Å². The molecule has 1 aromatic carbocycles. The van der Waals surface area contributed by atoms with E-state index in [-0.39, 0.29) is 16.9 Å². The minimum absolute atomic E-state index is 0.0323. The molecule has 0 saturated carbocycles. The Labute approximate surface area is 143 Å². The molecular formula is C15H15ClN4O4. The van der Waals surface area contributed by atoms with Gasteiger partial charge in [0.15, 0.2) is 0 Å². The van der Waals surface area contributed by atoms with Gasteiger partial charge in [0.05, 0.1) is 17.1 Å². The van der Waals surface area contributed by atoms with Crippen LogP contribution >= 0.6 is 11.6 Å². The highest BCUT2D eigenvalue weighted by Gasteiger charge is 2.21. The lowest BCUT2D eigenvalue weighted by Gasteiger charge is -2.09. The van der Waals surface area contributed by atoms with Crippen LogP contribution in [0.15, 0.2) is 30.6 Å². The van der Waals surface area contributed by atoms with Crippen molar-refractivity contribution in [1.82, 2.24) is 9.97 Å². The number of carbonyl (C=O) groups excluding carboxylic acids is 1. The Morgan fingerprint density at radius 2 is 2.00 bits per heavy atom. The predicted octanol–water partition coefficient (Wildman–Crippen LogP) is 3.59. The van der Waals surface area contributed by atoms with Gasteiger partial charge in [-0.25, -0.2) is 14.8 Å². The van der Waals surface area contributed by atoms with E-state index >= 15 is 0 Å². The van der Waals surface area contributed by atoms with Crippen molar-refractivity contribution in [2.45, 2.75) is 13.8 Å². The van der Waals surface area contributed by atoms with Crippen molar-refractivity contribution in [2.24, 2.45) is 5.92 Å². The van der Waals surface area contributed by atoms with Crippen LogP contribution in [0.5, 0.6) is 0 Å². The van der Waals surface area contributed by atoms with Crippen LogP contribution in [0.25, 0.3) is 0 Å². The monoisotopic (exact) mass is 350 g/mol. The number of aromatic nitrogens is 2. The van der Waals surface area contributed by atoms with Crippen molar-refractivity contribution in [3.8, 4) is 0 Å². The van der Waals surface area contributed by atoms with Crippen molar-refractivity contribution in [3.63, 3.8) is 0 Å². The molecule has 1 aromatic heterocycles. The molecule has 2 rings (SSSR count). The molecule has 0 saturated heterocycles. The van der Waals surface area contributed by atoms with Gasteiger partial charge in [0, 0.05) is 5.69 Å². The van der Waals surface area contributed by atoms with Gasteiger partial charge in [0.2, 0.25) is 11.0 Å². The summed E-state index contributed by atoms with van der Waals surface area (Å²) in [5.74, 6) is -0.209. The maximum Gasteiger partial charge on any atom is 0.348 e. The summed E-state index contributed by atoms with van der Waals surface area (Å²) in [4.78, 5) is 29.6. The van der Waals surface area contributed by atoms with Gasteiger partial charge in [-0.05, 0) is 30.2 Å². The van der Waals surface area contributed by atoms with E-state index in [0.717, 1.165) is 6.33 Å². The smallest absolute Gasteiger partial charge is 0.348 e. The van der Waals surface area contributed by atoms with Gasteiger partial charge in [-0.2, -0.15) is 0 Å². The zero-order chi connectivity index (χ0) is 17.7. The molecule has 24 heavy (non-hydrogen) atoms. The molecule has 0 atom stereocenters. The standard InChI is InChI=1S/C15H15ClN4O4/c1-9(2)7-24-15(21)10-3-5-11(6-4-10)19-14-12(20(22)23)13(16)17-8-18-14/h3-6,8-9H,7H2,1-2H3,(H,17,18,19). The van der Waals surface area contributed by atoms with E-state index in [1.54, 1.807) is 24.3 Å². The summed E-state index contributed by atoms with van der Waals surface area (Å²) >= 11 is 5.72. The summed E-state index contributed by atoms with van der Waals surface area (Å²) in [6.07, 6.45) is 1.12. The van der Waals surface area contributed by atoms with Gasteiger partial charge < -0.3 is 10.1 Å². The molecule has 1 N–H and O–H groups in total. The third-order valence-electron chi connectivity index (χ3n) is 2.89. The third-order valence-corrected chi connectivity index (χ3v) is 3.17. The van der Waals surface area contributed by atoms with Gasteiger partial charge >= 0.3 is 11.7 Å². The van der Waals surface area contributed by atoms with Crippen molar-refractivity contribution >= 4 is 34.8 Å². The highest BCUT2D eigenvalue weighted by molar-refractivity contribution is 6.31. The van der Waals surface area contributed by atoms with E-state index < -0.39 is 16.6 Å². The maximum atomic E-state index is 11.8. The molecule has 0 amide bonds. The molecule has 0 spiro atoms. The molecule has 1 heterocycles. The van der Waals surface area contributed by atoms with Crippen molar-refractivity contribution in [3.05, 3.63) is 51.4 Å². The second-order valence-electron chi connectivity index (χ2n) is 5.31. The van der Waals surface area contributed by atoms with Gasteiger partial charge in [0.1, 0.15) is 6.33 Å². The van der Waals surface area contributed by atoms with E-state index in [0.29, 0.717) is 17.9 Å². The first-order chi connectivity index (χ1) is 11.4. The number of anilines is 2. The first-order valence-electron chi connectivity index (χ1n) is 7.07. The predicted molar refractivity (Wildman–Crippen MR) is 88.5 cm³/mol. The number of hydrogen-bond acceptors (Lipinski definition) is 7.